The van der Waals surface area contributed by atoms with Gasteiger partial charge in [0.05, 0.1) is 6.61 Å². The maximum absolute atomic E-state index is 5.37. The van der Waals surface area contributed by atoms with Gasteiger partial charge in [-0.3, -0.25) is 0 Å². The number of nitrogens with zero attached hydrogens (tertiary/aromatic N) is 2. The van der Waals surface area contributed by atoms with Crippen LogP contribution >= 0.6 is 0 Å². The largest absolute Gasteiger partial charge is 0.380 e. The fraction of sp³-hybridized carbons (Fsp3) is 0.714. The fourth-order valence-electron chi connectivity index (χ4n) is 1.58. The van der Waals surface area contributed by atoms with E-state index < -0.39 is 0 Å². The lowest BCUT2D eigenvalue weighted by atomic mass is 10.4. The van der Waals surface area contributed by atoms with Crippen LogP contribution in [0.1, 0.15) is 33.0 Å². The monoisotopic (exact) mass is 282 g/mol. The van der Waals surface area contributed by atoms with Crippen LogP contribution < -0.4 is 10.6 Å². The van der Waals surface area contributed by atoms with Gasteiger partial charge in [0.25, 0.3) is 0 Å². The van der Waals surface area contributed by atoms with Gasteiger partial charge in [0, 0.05) is 32.4 Å². The third-order valence-electron chi connectivity index (χ3n) is 2.52. The Morgan fingerprint density at radius 3 is 2.20 bits per heavy atom. The minimum absolute atomic E-state index is 0.429. The van der Waals surface area contributed by atoms with E-state index >= 15 is 0 Å². The Balaban J connectivity index is 2.64. The van der Waals surface area contributed by atoms with E-state index in [0.717, 1.165) is 37.8 Å². The molecular formula is C14H26N4O2. The van der Waals surface area contributed by atoms with Gasteiger partial charge in [-0.1, -0.05) is 6.92 Å². The van der Waals surface area contributed by atoms with Crippen molar-refractivity contribution in [3.63, 3.8) is 0 Å². The van der Waals surface area contributed by atoms with E-state index in [9.17, 15) is 0 Å². The molecule has 6 nitrogen and oxygen atoms in total. The molecule has 2 N–H and O–H groups in total. The molecule has 114 valence electrons. The van der Waals surface area contributed by atoms with Crippen LogP contribution in [0.15, 0.2) is 6.07 Å². The molecule has 6 heteroatoms. The zero-order valence-corrected chi connectivity index (χ0v) is 12.7. The Labute approximate surface area is 121 Å². The van der Waals surface area contributed by atoms with Crippen LogP contribution in [-0.2, 0) is 16.1 Å². The quantitative estimate of drug-likeness (QED) is 0.607. The van der Waals surface area contributed by atoms with Crippen molar-refractivity contribution in [2.45, 2.75) is 33.8 Å². The van der Waals surface area contributed by atoms with Crippen LogP contribution in [0.5, 0.6) is 0 Å². The molecule has 0 amide bonds. The Morgan fingerprint density at radius 2 is 1.60 bits per heavy atom. The summed E-state index contributed by atoms with van der Waals surface area (Å²) in [6, 6.07) is 1.91. The predicted octanol–water partition coefficient (Wildman–Crippen LogP) is 2.28. The lowest BCUT2D eigenvalue weighted by Gasteiger charge is -2.11. The van der Waals surface area contributed by atoms with Gasteiger partial charge in [-0.25, -0.2) is 9.97 Å². The highest BCUT2D eigenvalue weighted by Gasteiger charge is 2.04. The highest BCUT2D eigenvalue weighted by atomic mass is 16.5. The Hall–Kier alpha value is -1.40. The number of nitrogens with one attached hydrogen (secondary N) is 2. The molecule has 0 saturated heterocycles. The summed E-state index contributed by atoms with van der Waals surface area (Å²) < 4.78 is 10.7. The number of aromatic nitrogens is 2. The summed E-state index contributed by atoms with van der Waals surface area (Å²) in [5, 5.41) is 6.52. The third kappa shape index (κ3) is 6.68. The highest BCUT2D eigenvalue weighted by molar-refractivity contribution is 5.47. The Morgan fingerprint density at radius 1 is 0.950 bits per heavy atom. The topological polar surface area (TPSA) is 68.3 Å². The SMILES string of the molecule is CCCNc1cc(NCCOCC)nc(COCC)n1. The summed E-state index contributed by atoms with van der Waals surface area (Å²) in [5.41, 5.74) is 0. The molecule has 0 spiro atoms. The zero-order valence-electron chi connectivity index (χ0n) is 12.7. The van der Waals surface area contributed by atoms with E-state index in [0.29, 0.717) is 25.6 Å². The van der Waals surface area contributed by atoms with Crippen molar-refractivity contribution in [3.8, 4) is 0 Å². The van der Waals surface area contributed by atoms with Crippen LogP contribution in [0.25, 0.3) is 0 Å². The van der Waals surface area contributed by atoms with Crippen molar-refractivity contribution < 1.29 is 9.47 Å². The minimum atomic E-state index is 0.429. The van der Waals surface area contributed by atoms with Gasteiger partial charge in [0.15, 0.2) is 5.82 Å². The van der Waals surface area contributed by atoms with E-state index in [2.05, 4.69) is 27.5 Å². The average Bonchev–Trinajstić information content (AvgIpc) is 2.47. The second-order valence-corrected chi connectivity index (χ2v) is 4.24. The molecule has 20 heavy (non-hydrogen) atoms. The van der Waals surface area contributed by atoms with Crippen molar-refractivity contribution in [3.05, 3.63) is 11.9 Å². The van der Waals surface area contributed by atoms with Crippen molar-refractivity contribution in [1.29, 1.82) is 0 Å². The van der Waals surface area contributed by atoms with Gasteiger partial charge in [-0.05, 0) is 20.3 Å². The van der Waals surface area contributed by atoms with E-state index in [1.807, 2.05) is 19.9 Å². The third-order valence-corrected chi connectivity index (χ3v) is 2.52. The van der Waals surface area contributed by atoms with Crippen molar-refractivity contribution in [2.75, 3.05) is 43.5 Å². The summed E-state index contributed by atoms with van der Waals surface area (Å²) in [6.07, 6.45) is 1.05. The van der Waals surface area contributed by atoms with Crippen molar-refractivity contribution in [1.82, 2.24) is 9.97 Å². The molecule has 0 fully saturated rings. The molecule has 1 heterocycles. The second kappa shape index (κ2) is 10.4. The first kappa shape index (κ1) is 16.7. The van der Waals surface area contributed by atoms with Gasteiger partial charge in [-0.15, -0.1) is 0 Å². The molecule has 0 bridgehead atoms. The summed E-state index contributed by atoms with van der Waals surface area (Å²) >= 11 is 0. The molecule has 1 aromatic heterocycles. The normalized spacial score (nSPS) is 10.6. The summed E-state index contributed by atoms with van der Waals surface area (Å²) in [5.74, 6) is 2.32. The first-order valence-corrected chi connectivity index (χ1v) is 7.31. The standard InChI is InChI=1S/C14H26N4O2/c1-4-7-15-12-10-13(16-8-9-19-5-2)18-14(17-12)11-20-6-3/h10H,4-9,11H2,1-3H3,(H2,15,16,17,18). The molecule has 0 radical (unpaired) electrons. The molecule has 0 aliphatic rings. The summed E-state index contributed by atoms with van der Waals surface area (Å²) in [6.45, 7) is 10.2. The van der Waals surface area contributed by atoms with Gasteiger partial charge in [0.2, 0.25) is 0 Å². The maximum Gasteiger partial charge on any atom is 0.158 e. The van der Waals surface area contributed by atoms with Gasteiger partial charge < -0.3 is 20.1 Å². The van der Waals surface area contributed by atoms with Crippen LogP contribution in [0.2, 0.25) is 0 Å². The van der Waals surface area contributed by atoms with Gasteiger partial charge in [0.1, 0.15) is 18.2 Å². The summed E-state index contributed by atoms with van der Waals surface area (Å²) in [4.78, 5) is 8.87. The smallest absolute Gasteiger partial charge is 0.158 e. The fourth-order valence-corrected chi connectivity index (χ4v) is 1.58. The van der Waals surface area contributed by atoms with E-state index in [4.69, 9.17) is 9.47 Å². The highest BCUT2D eigenvalue weighted by Crippen LogP contribution is 2.12. The molecular weight excluding hydrogens is 256 g/mol. The van der Waals surface area contributed by atoms with Crippen LogP contribution in [0, 0.1) is 0 Å². The van der Waals surface area contributed by atoms with E-state index in [1.165, 1.54) is 0 Å². The lowest BCUT2D eigenvalue weighted by Crippen LogP contribution is -2.13. The number of anilines is 2. The number of hydrogen-bond donors (Lipinski definition) is 2. The molecule has 1 rings (SSSR count). The van der Waals surface area contributed by atoms with E-state index in [-0.39, 0.29) is 0 Å². The van der Waals surface area contributed by atoms with Crippen LogP contribution in [0.4, 0.5) is 11.6 Å². The first-order valence-electron chi connectivity index (χ1n) is 7.31. The maximum atomic E-state index is 5.37. The first-order chi connectivity index (χ1) is 9.80. The predicted molar refractivity (Wildman–Crippen MR) is 81.1 cm³/mol. The Kier molecular flexibility index (Phi) is 8.66. The molecule has 0 atom stereocenters. The average molecular weight is 282 g/mol. The van der Waals surface area contributed by atoms with Gasteiger partial charge in [-0.2, -0.15) is 0 Å². The van der Waals surface area contributed by atoms with Gasteiger partial charge >= 0.3 is 0 Å². The number of rotatable bonds is 11. The summed E-state index contributed by atoms with van der Waals surface area (Å²) in [7, 11) is 0. The lowest BCUT2D eigenvalue weighted by molar-refractivity contribution is 0.128. The Bertz CT molecular complexity index is 348. The number of hydrogen-bond acceptors (Lipinski definition) is 6. The van der Waals surface area contributed by atoms with E-state index in [1.54, 1.807) is 0 Å². The number of ether oxygens (including phenoxy) is 2. The molecule has 0 aliphatic heterocycles. The van der Waals surface area contributed by atoms with Crippen LogP contribution in [0.3, 0.4) is 0 Å². The van der Waals surface area contributed by atoms with Crippen molar-refractivity contribution in [2.24, 2.45) is 0 Å². The van der Waals surface area contributed by atoms with Crippen molar-refractivity contribution >= 4 is 11.6 Å². The van der Waals surface area contributed by atoms with Crippen LogP contribution in [-0.4, -0.2) is 42.9 Å². The molecule has 0 saturated carbocycles. The molecule has 1 aromatic rings. The molecule has 0 aromatic carbocycles. The molecule has 0 aliphatic carbocycles. The second-order valence-electron chi connectivity index (χ2n) is 4.24. The molecule has 0 unspecified atom stereocenters. The minimum Gasteiger partial charge on any atom is -0.380 e. The zero-order chi connectivity index (χ0) is 14.6.